The summed E-state index contributed by atoms with van der Waals surface area (Å²) >= 11 is 0. The first-order chi connectivity index (χ1) is 12.8. The van der Waals surface area contributed by atoms with Crippen LogP contribution in [0.2, 0.25) is 0 Å². The van der Waals surface area contributed by atoms with Crippen LogP contribution in [0.1, 0.15) is 64.6 Å². The Hall–Kier alpha value is -1.59. The van der Waals surface area contributed by atoms with Crippen molar-refractivity contribution in [2.45, 2.75) is 77.9 Å². The van der Waals surface area contributed by atoms with Crippen molar-refractivity contribution in [3.05, 3.63) is 35.5 Å². The molecule has 2 aliphatic rings. The Labute approximate surface area is 162 Å². The van der Waals surface area contributed by atoms with Gasteiger partial charge in [-0.1, -0.05) is 55.1 Å². The average Bonchev–Trinajstić information content (AvgIpc) is 3.29. The van der Waals surface area contributed by atoms with Gasteiger partial charge in [-0.25, -0.2) is 0 Å². The van der Waals surface area contributed by atoms with Crippen LogP contribution in [0.4, 0.5) is 0 Å². The fraction of sp³-hybridized carbons (Fsp3) is 0.591. The number of benzene rings is 1. The largest absolute Gasteiger partial charge is 0.494 e. The lowest BCUT2D eigenvalue weighted by Crippen LogP contribution is -2.41. The Morgan fingerprint density at radius 2 is 1.59 bits per heavy atom. The second-order valence-corrected chi connectivity index (χ2v) is 9.14. The molecule has 1 aromatic heterocycles. The molecule has 27 heavy (non-hydrogen) atoms. The van der Waals surface area contributed by atoms with Crippen molar-refractivity contribution < 1.29 is 13.8 Å². The number of hydrogen-bond acceptors (Lipinski definition) is 4. The van der Waals surface area contributed by atoms with Crippen molar-refractivity contribution in [2.24, 2.45) is 5.92 Å². The predicted octanol–water partition coefficient (Wildman–Crippen LogP) is 4.68. The first-order valence-electron chi connectivity index (χ1n) is 10.2. The fourth-order valence-corrected chi connectivity index (χ4v) is 4.13. The molecule has 1 aromatic carbocycles. The summed E-state index contributed by atoms with van der Waals surface area (Å²) in [6.45, 7) is 10.4. The van der Waals surface area contributed by atoms with Gasteiger partial charge in [0.1, 0.15) is 0 Å². The normalized spacial score (nSPS) is 21.9. The number of aromatic nitrogens is 1. The van der Waals surface area contributed by atoms with E-state index in [1.54, 1.807) is 0 Å². The highest BCUT2D eigenvalue weighted by molar-refractivity contribution is 6.62. The Balaban J connectivity index is 1.55. The molecule has 4 rings (SSSR count). The molecular weight excluding hydrogens is 337 g/mol. The standard InChI is InChI=1S/C22H30BNO3/c1-15-19(14-16-8-6-7-9-16)20(25-24-15)17-10-12-18(13-11-17)23-26-21(2,3)22(4,5)27-23/h10-13,16H,6-9,14H2,1-5H3. The topological polar surface area (TPSA) is 44.5 Å². The Bertz CT molecular complexity index is 787. The smallest absolute Gasteiger partial charge is 0.399 e. The lowest BCUT2D eigenvalue weighted by atomic mass is 9.78. The van der Waals surface area contributed by atoms with E-state index < -0.39 is 0 Å². The van der Waals surface area contributed by atoms with E-state index in [1.807, 2.05) is 0 Å². The molecule has 2 fully saturated rings. The van der Waals surface area contributed by atoms with E-state index in [0.717, 1.165) is 34.8 Å². The molecule has 1 saturated heterocycles. The summed E-state index contributed by atoms with van der Waals surface area (Å²) < 4.78 is 18.0. The van der Waals surface area contributed by atoms with E-state index >= 15 is 0 Å². The van der Waals surface area contributed by atoms with Gasteiger partial charge in [0, 0.05) is 11.1 Å². The summed E-state index contributed by atoms with van der Waals surface area (Å²) in [6.07, 6.45) is 6.43. The van der Waals surface area contributed by atoms with Crippen LogP contribution in [0.25, 0.3) is 11.3 Å². The number of aryl methyl sites for hydroxylation is 1. The van der Waals surface area contributed by atoms with Gasteiger partial charge in [-0.05, 0) is 52.4 Å². The van der Waals surface area contributed by atoms with Gasteiger partial charge in [-0.3, -0.25) is 0 Å². The molecule has 0 radical (unpaired) electrons. The molecule has 0 amide bonds. The lowest BCUT2D eigenvalue weighted by molar-refractivity contribution is 0.00578. The molecular formula is C22H30BNO3. The number of rotatable bonds is 4. The van der Waals surface area contributed by atoms with E-state index in [4.69, 9.17) is 13.8 Å². The zero-order chi connectivity index (χ0) is 19.2. The van der Waals surface area contributed by atoms with Crippen LogP contribution in [0.3, 0.4) is 0 Å². The van der Waals surface area contributed by atoms with Crippen molar-refractivity contribution in [3.8, 4) is 11.3 Å². The van der Waals surface area contributed by atoms with E-state index in [0.29, 0.717) is 0 Å². The molecule has 2 heterocycles. The Morgan fingerprint density at radius 1 is 1.00 bits per heavy atom. The lowest BCUT2D eigenvalue weighted by Gasteiger charge is -2.32. The van der Waals surface area contributed by atoms with Gasteiger partial charge < -0.3 is 13.8 Å². The van der Waals surface area contributed by atoms with Crippen molar-refractivity contribution in [1.29, 1.82) is 0 Å². The summed E-state index contributed by atoms with van der Waals surface area (Å²) in [6, 6.07) is 8.35. The second-order valence-electron chi connectivity index (χ2n) is 9.14. The minimum absolute atomic E-state index is 0.327. The second kappa shape index (κ2) is 6.79. The first kappa shape index (κ1) is 18.8. The van der Waals surface area contributed by atoms with Gasteiger partial charge in [0.25, 0.3) is 0 Å². The molecule has 0 unspecified atom stereocenters. The van der Waals surface area contributed by atoms with E-state index in [1.165, 1.54) is 31.2 Å². The maximum absolute atomic E-state index is 6.15. The van der Waals surface area contributed by atoms with Crippen LogP contribution in [0, 0.1) is 12.8 Å². The highest BCUT2D eigenvalue weighted by Crippen LogP contribution is 2.37. The summed E-state index contributed by atoms with van der Waals surface area (Å²) in [5.74, 6) is 1.69. The van der Waals surface area contributed by atoms with E-state index in [-0.39, 0.29) is 18.3 Å². The molecule has 2 aromatic rings. The van der Waals surface area contributed by atoms with Crippen LogP contribution in [0.5, 0.6) is 0 Å². The molecule has 5 heteroatoms. The molecule has 1 saturated carbocycles. The van der Waals surface area contributed by atoms with Crippen LogP contribution < -0.4 is 5.46 Å². The maximum atomic E-state index is 6.15. The average molecular weight is 367 g/mol. The molecule has 144 valence electrons. The minimum atomic E-state index is -0.335. The predicted molar refractivity (Wildman–Crippen MR) is 108 cm³/mol. The molecule has 1 aliphatic carbocycles. The number of hydrogen-bond donors (Lipinski definition) is 0. The summed E-state index contributed by atoms with van der Waals surface area (Å²) in [4.78, 5) is 0. The van der Waals surface area contributed by atoms with Gasteiger partial charge in [-0.2, -0.15) is 0 Å². The molecule has 0 atom stereocenters. The summed E-state index contributed by atoms with van der Waals surface area (Å²) in [7, 11) is -0.335. The summed E-state index contributed by atoms with van der Waals surface area (Å²) in [5, 5.41) is 4.25. The first-order valence-corrected chi connectivity index (χ1v) is 10.2. The maximum Gasteiger partial charge on any atom is 0.494 e. The van der Waals surface area contributed by atoms with Gasteiger partial charge in [-0.15, -0.1) is 0 Å². The van der Waals surface area contributed by atoms with E-state index in [2.05, 4.69) is 64.0 Å². The Morgan fingerprint density at radius 3 is 2.19 bits per heavy atom. The van der Waals surface area contributed by atoms with E-state index in [9.17, 15) is 0 Å². The van der Waals surface area contributed by atoms with Gasteiger partial charge in [0.15, 0.2) is 5.76 Å². The van der Waals surface area contributed by atoms with Crippen molar-refractivity contribution in [3.63, 3.8) is 0 Å². The SMILES string of the molecule is Cc1noc(-c2ccc(B3OC(C)(C)C(C)(C)O3)cc2)c1CC1CCCC1. The number of nitrogens with zero attached hydrogens (tertiary/aromatic N) is 1. The zero-order valence-electron chi connectivity index (χ0n) is 17.2. The van der Waals surface area contributed by atoms with Crippen molar-refractivity contribution in [2.75, 3.05) is 0 Å². The van der Waals surface area contributed by atoms with Crippen LogP contribution in [0.15, 0.2) is 28.8 Å². The van der Waals surface area contributed by atoms with Gasteiger partial charge in [0.2, 0.25) is 0 Å². The summed E-state index contributed by atoms with van der Waals surface area (Å²) in [5.41, 5.74) is 3.74. The minimum Gasteiger partial charge on any atom is -0.399 e. The third-order valence-electron chi connectivity index (χ3n) is 6.65. The monoisotopic (exact) mass is 367 g/mol. The molecule has 4 nitrogen and oxygen atoms in total. The van der Waals surface area contributed by atoms with Crippen LogP contribution >= 0.6 is 0 Å². The zero-order valence-corrected chi connectivity index (χ0v) is 17.2. The highest BCUT2D eigenvalue weighted by Gasteiger charge is 2.51. The molecule has 1 aliphatic heterocycles. The highest BCUT2D eigenvalue weighted by atomic mass is 16.7. The quantitative estimate of drug-likeness (QED) is 0.736. The fourth-order valence-electron chi connectivity index (χ4n) is 4.13. The third kappa shape index (κ3) is 3.47. The van der Waals surface area contributed by atoms with Crippen LogP contribution in [-0.4, -0.2) is 23.5 Å². The van der Waals surface area contributed by atoms with Gasteiger partial charge >= 0.3 is 7.12 Å². The molecule has 0 N–H and O–H groups in total. The molecule has 0 bridgehead atoms. The molecule has 0 spiro atoms. The third-order valence-corrected chi connectivity index (χ3v) is 6.65. The van der Waals surface area contributed by atoms with Crippen LogP contribution in [-0.2, 0) is 15.7 Å². The van der Waals surface area contributed by atoms with Crippen molar-refractivity contribution >= 4 is 12.6 Å². The Kier molecular flexibility index (Phi) is 4.72. The van der Waals surface area contributed by atoms with Gasteiger partial charge in [0.05, 0.1) is 16.9 Å². The van der Waals surface area contributed by atoms with Crippen molar-refractivity contribution in [1.82, 2.24) is 5.16 Å².